The number of anilines is 5. The Balaban J connectivity index is 1.59. The minimum atomic E-state index is -0.295. The second kappa shape index (κ2) is 9.66. The van der Waals surface area contributed by atoms with Crippen molar-refractivity contribution >= 4 is 34.7 Å². The van der Waals surface area contributed by atoms with E-state index in [0.29, 0.717) is 34.7 Å². The maximum atomic E-state index is 12.1. The Morgan fingerprint density at radius 2 is 2.03 bits per heavy atom. The molecule has 2 aliphatic rings. The van der Waals surface area contributed by atoms with E-state index >= 15 is 0 Å². The number of carbonyl (C=O) groups is 1. The highest BCUT2D eigenvalue weighted by Crippen LogP contribution is 2.31. The van der Waals surface area contributed by atoms with Crippen LogP contribution in [0.25, 0.3) is 0 Å². The predicted octanol–water partition coefficient (Wildman–Crippen LogP) is 2.93. The standard InChI is InChI=1S/C23H28N8O/c1-3-21(32)27-20-13-18(31-11-9-30(2)10-12-31)7-8-19(20)28-23-25-15-16(14-24)22(29-23)26-17-5-4-6-17/h3,7-8,13,15,17H,1,4-6,9-12H2,2H3,(H,27,32)(H2,25,26,28,29). The first kappa shape index (κ1) is 21.6. The summed E-state index contributed by atoms with van der Waals surface area (Å²) in [5.41, 5.74) is 2.73. The van der Waals surface area contributed by atoms with Gasteiger partial charge in [0.25, 0.3) is 0 Å². The summed E-state index contributed by atoms with van der Waals surface area (Å²) in [4.78, 5) is 25.5. The van der Waals surface area contributed by atoms with Gasteiger partial charge in [-0.15, -0.1) is 0 Å². The van der Waals surface area contributed by atoms with Crippen molar-refractivity contribution in [1.29, 1.82) is 5.26 Å². The lowest BCUT2D eigenvalue weighted by Gasteiger charge is -2.34. The van der Waals surface area contributed by atoms with E-state index in [-0.39, 0.29) is 5.91 Å². The Morgan fingerprint density at radius 1 is 1.25 bits per heavy atom. The van der Waals surface area contributed by atoms with Gasteiger partial charge >= 0.3 is 0 Å². The van der Waals surface area contributed by atoms with Crippen LogP contribution in [0.1, 0.15) is 24.8 Å². The lowest BCUT2D eigenvalue weighted by molar-refractivity contribution is -0.111. The molecule has 166 valence electrons. The second-order valence-electron chi connectivity index (χ2n) is 8.18. The van der Waals surface area contributed by atoms with Crippen molar-refractivity contribution in [3.05, 3.63) is 42.6 Å². The molecule has 0 atom stereocenters. The number of rotatable bonds is 7. The number of amides is 1. The first-order chi connectivity index (χ1) is 15.6. The molecule has 9 nitrogen and oxygen atoms in total. The van der Waals surface area contributed by atoms with Crippen LogP contribution in [-0.4, -0.2) is 60.0 Å². The van der Waals surface area contributed by atoms with Gasteiger partial charge in [-0.2, -0.15) is 10.2 Å². The number of nitriles is 1. The zero-order valence-corrected chi connectivity index (χ0v) is 18.3. The zero-order valence-electron chi connectivity index (χ0n) is 18.3. The van der Waals surface area contributed by atoms with Gasteiger partial charge in [-0.25, -0.2) is 4.98 Å². The van der Waals surface area contributed by atoms with Gasteiger partial charge in [-0.05, 0) is 50.6 Å². The van der Waals surface area contributed by atoms with Gasteiger partial charge in [0.2, 0.25) is 11.9 Å². The summed E-state index contributed by atoms with van der Waals surface area (Å²) in [6, 6.07) is 8.37. The van der Waals surface area contributed by atoms with Crippen molar-refractivity contribution in [1.82, 2.24) is 14.9 Å². The Hall–Kier alpha value is -3.64. The molecule has 2 heterocycles. The molecule has 2 fully saturated rings. The van der Waals surface area contributed by atoms with E-state index in [1.165, 1.54) is 18.7 Å². The van der Waals surface area contributed by atoms with Crippen LogP contribution < -0.4 is 20.9 Å². The van der Waals surface area contributed by atoms with Gasteiger partial charge in [0.15, 0.2) is 0 Å². The number of hydrogen-bond acceptors (Lipinski definition) is 8. The van der Waals surface area contributed by atoms with Gasteiger partial charge < -0.3 is 25.8 Å². The number of likely N-dealkylation sites (N-methyl/N-ethyl adjacent to an activating group) is 1. The van der Waals surface area contributed by atoms with Gasteiger partial charge in [0.1, 0.15) is 17.5 Å². The van der Waals surface area contributed by atoms with Crippen LogP contribution in [0.4, 0.5) is 28.8 Å². The second-order valence-corrected chi connectivity index (χ2v) is 8.18. The topological polar surface area (TPSA) is 109 Å². The van der Waals surface area contributed by atoms with E-state index < -0.39 is 0 Å². The molecule has 4 rings (SSSR count). The smallest absolute Gasteiger partial charge is 0.247 e. The summed E-state index contributed by atoms with van der Waals surface area (Å²) in [6.07, 6.45) is 6.08. The maximum absolute atomic E-state index is 12.1. The molecule has 1 amide bonds. The fraction of sp³-hybridized carbons (Fsp3) is 0.391. The van der Waals surface area contributed by atoms with E-state index in [2.05, 4.69) is 55.4 Å². The molecule has 1 saturated heterocycles. The number of hydrogen-bond donors (Lipinski definition) is 3. The molecule has 3 N–H and O–H groups in total. The highest BCUT2D eigenvalue weighted by atomic mass is 16.1. The average Bonchev–Trinajstić information content (AvgIpc) is 2.78. The van der Waals surface area contributed by atoms with Crippen LogP contribution in [0.3, 0.4) is 0 Å². The number of nitrogens with one attached hydrogen (secondary N) is 3. The summed E-state index contributed by atoms with van der Waals surface area (Å²) in [7, 11) is 2.12. The van der Waals surface area contributed by atoms with Crippen LogP contribution in [0.5, 0.6) is 0 Å². The Morgan fingerprint density at radius 3 is 2.69 bits per heavy atom. The van der Waals surface area contributed by atoms with Crippen LogP contribution in [0, 0.1) is 11.3 Å². The summed E-state index contributed by atoms with van der Waals surface area (Å²) in [5, 5.41) is 18.8. The third-order valence-corrected chi connectivity index (χ3v) is 5.92. The number of benzene rings is 1. The Bertz CT molecular complexity index is 1030. The predicted molar refractivity (Wildman–Crippen MR) is 126 cm³/mol. The first-order valence-electron chi connectivity index (χ1n) is 10.9. The molecule has 1 aliphatic carbocycles. The highest BCUT2D eigenvalue weighted by molar-refractivity contribution is 6.01. The molecule has 0 radical (unpaired) electrons. The monoisotopic (exact) mass is 432 g/mol. The maximum Gasteiger partial charge on any atom is 0.247 e. The quantitative estimate of drug-likeness (QED) is 0.573. The molecule has 1 saturated carbocycles. The zero-order chi connectivity index (χ0) is 22.5. The van der Waals surface area contributed by atoms with Crippen molar-refractivity contribution in [2.24, 2.45) is 0 Å². The van der Waals surface area contributed by atoms with Crippen LogP contribution in [0.15, 0.2) is 37.1 Å². The van der Waals surface area contributed by atoms with Gasteiger partial charge in [0.05, 0.1) is 17.6 Å². The average molecular weight is 433 g/mol. The summed E-state index contributed by atoms with van der Waals surface area (Å²) in [6.45, 7) is 7.38. The molecule has 0 bridgehead atoms. The molecular formula is C23H28N8O. The summed E-state index contributed by atoms with van der Waals surface area (Å²) < 4.78 is 0. The van der Waals surface area contributed by atoms with E-state index in [0.717, 1.165) is 44.7 Å². The van der Waals surface area contributed by atoms with Crippen molar-refractivity contribution in [3.8, 4) is 6.07 Å². The lowest BCUT2D eigenvalue weighted by Crippen LogP contribution is -2.44. The van der Waals surface area contributed by atoms with Gasteiger partial charge in [-0.1, -0.05) is 6.58 Å². The van der Waals surface area contributed by atoms with E-state index in [4.69, 9.17) is 0 Å². The van der Waals surface area contributed by atoms with Crippen molar-refractivity contribution in [2.45, 2.75) is 25.3 Å². The minimum absolute atomic E-state index is 0.295. The summed E-state index contributed by atoms with van der Waals surface area (Å²) in [5.74, 6) is 0.587. The molecule has 0 unspecified atom stereocenters. The minimum Gasteiger partial charge on any atom is -0.369 e. The fourth-order valence-electron chi connectivity index (χ4n) is 3.69. The lowest BCUT2D eigenvalue weighted by atomic mass is 9.93. The number of carbonyl (C=O) groups excluding carboxylic acids is 1. The first-order valence-corrected chi connectivity index (χ1v) is 10.9. The molecule has 1 aliphatic heterocycles. The van der Waals surface area contributed by atoms with Gasteiger partial charge in [0, 0.05) is 37.9 Å². The van der Waals surface area contributed by atoms with E-state index in [9.17, 15) is 10.1 Å². The molecular weight excluding hydrogens is 404 g/mol. The molecule has 9 heteroatoms. The van der Waals surface area contributed by atoms with Crippen LogP contribution >= 0.6 is 0 Å². The summed E-state index contributed by atoms with van der Waals surface area (Å²) >= 11 is 0. The Kier molecular flexibility index (Phi) is 6.52. The molecule has 1 aromatic carbocycles. The fourth-order valence-corrected chi connectivity index (χ4v) is 3.69. The molecule has 0 spiro atoms. The third kappa shape index (κ3) is 4.98. The number of nitrogens with zero attached hydrogens (tertiary/aromatic N) is 5. The molecule has 2 aromatic rings. The Labute approximate surface area is 188 Å². The highest BCUT2D eigenvalue weighted by Gasteiger charge is 2.20. The SMILES string of the molecule is C=CC(=O)Nc1cc(N2CCN(C)CC2)ccc1Nc1ncc(C#N)c(NC2CCC2)n1. The van der Waals surface area contributed by atoms with Gasteiger partial charge in [-0.3, -0.25) is 4.79 Å². The largest absolute Gasteiger partial charge is 0.369 e. The third-order valence-electron chi connectivity index (χ3n) is 5.92. The van der Waals surface area contributed by atoms with Crippen molar-refractivity contribution in [2.75, 3.05) is 54.1 Å². The van der Waals surface area contributed by atoms with E-state index in [1.807, 2.05) is 18.2 Å². The molecule has 1 aromatic heterocycles. The normalized spacial score (nSPS) is 16.6. The van der Waals surface area contributed by atoms with E-state index in [1.54, 1.807) is 0 Å². The van der Waals surface area contributed by atoms with Crippen LogP contribution in [-0.2, 0) is 4.79 Å². The van der Waals surface area contributed by atoms with Crippen molar-refractivity contribution in [3.63, 3.8) is 0 Å². The van der Waals surface area contributed by atoms with Crippen LogP contribution in [0.2, 0.25) is 0 Å². The number of aromatic nitrogens is 2. The van der Waals surface area contributed by atoms with Crippen molar-refractivity contribution < 1.29 is 4.79 Å². The molecule has 32 heavy (non-hydrogen) atoms. The number of piperazine rings is 1.